The summed E-state index contributed by atoms with van der Waals surface area (Å²) in [6, 6.07) is 3.67. The molecule has 3 heterocycles. The molecule has 3 rings (SSSR count). The highest BCUT2D eigenvalue weighted by Crippen LogP contribution is 2.23. The molecule has 0 aliphatic carbocycles. The van der Waals surface area contributed by atoms with Gasteiger partial charge in [0, 0.05) is 30.4 Å². The monoisotopic (exact) mass is 329 g/mol. The van der Waals surface area contributed by atoms with E-state index >= 15 is 0 Å². The number of hydrogen-bond acceptors (Lipinski definition) is 6. The Morgan fingerprint density at radius 3 is 3.04 bits per heavy atom. The maximum atomic E-state index is 12.3. The highest BCUT2D eigenvalue weighted by Gasteiger charge is 2.26. The first-order valence-corrected chi connectivity index (χ1v) is 8.40. The van der Waals surface area contributed by atoms with Gasteiger partial charge in [-0.05, 0) is 37.4 Å². The molecule has 0 saturated carbocycles. The van der Waals surface area contributed by atoms with Crippen LogP contribution in [0.25, 0.3) is 11.4 Å². The number of pyridine rings is 1. The van der Waals surface area contributed by atoms with Gasteiger partial charge in [0.25, 0.3) is 0 Å². The van der Waals surface area contributed by atoms with Crippen LogP contribution in [0, 0.1) is 5.92 Å². The minimum atomic E-state index is -0.295. The molecule has 1 amide bonds. The van der Waals surface area contributed by atoms with Crippen LogP contribution < -0.4 is 10.6 Å². The van der Waals surface area contributed by atoms with Gasteiger partial charge in [-0.1, -0.05) is 19.0 Å². The SMILES string of the molecule is CC(C)C(NC(=O)CC1CCCN1)c1nc(-c2cccnc2)no1. The summed E-state index contributed by atoms with van der Waals surface area (Å²) in [6.45, 7) is 5.03. The van der Waals surface area contributed by atoms with E-state index < -0.39 is 0 Å². The molecule has 1 saturated heterocycles. The average Bonchev–Trinajstić information content (AvgIpc) is 3.25. The number of nitrogens with one attached hydrogen (secondary N) is 2. The van der Waals surface area contributed by atoms with E-state index in [0.29, 0.717) is 18.1 Å². The molecule has 2 aromatic heterocycles. The lowest BCUT2D eigenvalue weighted by Gasteiger charge is -2.19. The van der Waals surface area contributed by atoms with E-state index in [9.17, 15) is 4.79 Å². The zero-order valence-corrected chi connectivity index (χ0v) is 14.0. The molecule has 24 heavy (non-hydrogen) atoms. The van der Waals surface area contributed by atoms with Crippen molar-refractivity contribution in [2.75, 3.05) is 6.54 Å². The third kappa shape index (κ3) is 3.97. The minimum Gasteiger partial charge on any atom is -0.344 e. The van der Waals surface area contributed by atoms with Gasteiger partial charge in [0.15, 0.2) is 0 Å². The molecule has 0 aromatic carbocycles. The van der Waals surface area contributed by atoms with Crippen LogP contribution in [-0.4, -0.2) is 33.6 Å². The Morgan fingerprint density at radius 2 is 2.38 bits per heavy atom. The molecule has 0 bridgehead atoms. The molecule has 2 aromatic rings. The topological polar surface area (TPSA) is 92.9 Å². The second-order valence-corrected chi connectivity index (χ2v) is 6.48. The number of nitrogens with zero attached hydrogens (tertiary/aromatic N) is 3. The highest BCUT2D eigenvalue weighted by molar-refractivity contribution is 5.77. The Hall–Kier alpha value is -2.28. The maximum absolute atomic E-state index is 12.3. The maximum Gasteiger partial charge on any atom is 0.249 e. The summed E-state index contributed by atoms with van der Waals surface area (Å²) >= 11 is 0. The molecule has 2 unspecified atom stereocenters. The van der Waals surface area contributed by atoms with Gasteiger partial charge in [-0.2, -0.15) is 4.98 Å². The van der Waals surface area contributed by atoms with E-state index in [0.717, 1.165) is 24.9 Å². The van der Waals surface area contributed by atoms with Crippen molar-refractivity contribution >= 4 is 5.91 Å². The molecular weight excluding hydrogens is 306 g/mol. The van der Waals surface area contributed by atoms with E-state index in [4.69, 9.17) is 4.52 Å². The van der Waals surface area contributed by atoms with Crippen LogP contribution in [0.5, 0.6) is 0 Å². The van der Waals surface area contributed by atoms with Gasteiger partial charge in [-0.3, -0.25) is 9.78 Å². The second-order valence-electron chi connectivity index (χ2n) is 6.48. The van der Waals surface area contributed by atoms with Crippen molar-refractivity contribution < 1.29 is 9.32 Å². The summed E-state index contributed by atoms with van der Waals surface area (Å²) in [4.78, 5) is 20.8. The van der Waals surface area contributed by atoms with Gasteiger partial charge in [0.2, 0.25) is 17.6 Å². The lowest BCUT2D eigenvalue weighted by atomic mass is 10.0. The van der Waals surface area contributed by atoms with Gasteiger partial charge >= 0.3 is 0 Å². The lowest BCUT2D eigenvalue weighted by Crippen LogP contribution is -2.36. The molecule has 1 aliphatic rings. The number of aromatic nitrogens is 3. The summed E-state index contributed by atoms with van der Waals surface area (Å²) < 4.78 is 5.39. The van der Waals surface area contributed by atoms with Crippen molar-refractivity contribution in [2.45, 2.75) is 45.2 Å². The summed E-state index contributed by atoms with van der Waals surface area (Å²) in [5.74, 6) is 1.06. The quantitative estimate of drug-likeness (QED) is 0.843. The van der Waals surface area contributed by atoms with Crippen LogP contribution in [0.4, 0.5) is 0 Å². The highest BCUT2D eigenvalue weighted by atomic mass is 16.5. The summed E-state index contributed by atoms with van der Waals surface area (Å²) in [5.41, 5.74) is 0.788. The van der Waals surface area contributed by atoms with E-state index in [1.165, 1.54) is 0 Å². The van der Waals surface area contributed by atoms with Gasteiger partial charge in [0.05, 0.1) is 0 Å². The molecule has 2 atom stereocenters. The number of hydrogen-bond donors (Lipinski definition) is 2. The number of rotatable bonds is 6. The van der Waals surface area contributed by atoms with Crippen LogP contribution in [0.1, 0.15) is 45.0 Å². The van der Waals surface area contributed by atoms with Crippen molar-refractivity contribution in [3.8, 4) is 11.4 Å². The third-order valence-electron chi connectivity index (χ3n) is 4.20. The zero-order valence-electron chi connectivity index (χ0n) is 14.0. The fourth-order valence-electron chi connectivity index (χ4n) is 2.87. The van der Waals surface area contributed by atoms with Crippen LogP contribution in [0.3, 0.4) is 0 Å². The predicted octanol–water partition coefficient (Wildman–Crippen LogP) is 2.09. The third-order valence-corrected chi connectivity index (χ3v) is 4.20. The standard InChI is InChI=1S/C17H23N5O2/c1-11(2)15(20-14(23)9-13-6-4-8-19-13)17-21-16(22-24-17)12-5-3-7-18-10-12/h3,5,7,10-11,13,15,19H,4,6,8-9H2,1-2H3,(H,20,23). The first-order chi connectivity index (χ1) is 11.6. The first kappa shape index (κ1) is 16.6. The van der Waals surface area contributed by atoms with Gasteiger partial charge in [-0.25, -0.2) is 0 Å². The average molecular weight is 329 g/mol. The van der Waals surface area contributed by atoms with Crippen molar-refractivity contribution in [1.29, 1.82) is 0 Å². The first-order valence-electron chi connectivity index (χ1n) is 8.40. The Kier molecular flexibility index (Phi) is 5.20. The lowest BCUT2D eigenvalue weighted by molar-refractivity contribution is -0.122. The molecular formula is C17H23N5O2. The normalized spacial score (nSPS) is 18.7. The van der Waals surface area contributed by atoms with Crippen LogP contribution in [0.2, 0.25) is 0 Å². The molecule has 2 N–H and O–H groups in total. The van der Waals surface area contributed by atoms with Gasteiger partial charge < -0.3 is 15.2 Å². The smallest absolute Gasteiger partial charge is 0.249 e. The summed E-state index contributed by atoms with van der Waals surface area (Å²) in [7, 11) is 0. The van der Waals surface area contributed by atoms with Crippen molar-refractivity contribution in [2.24, 2.45) is 5.92 Å². The Balaban J connectivity index is 1.69. The number of carbonyl (C=O) groups is 1. The van der Waals surface area contributed by atoms with Crippen LogP contribution in [0.15, 0.2) is 29.0 Å². The van der Waals surface area contributed by atoms with Gasteiger partial charge in [-0.15, -0.1) is 0 Å². The Morgan fingerprint density at radius 1 is 1.50 bits per heavy atom. The van der Waals surface area contributed by atoms with Crippen LogP contribution >= 0.6 is 0 Å². The molecule has 128 valence electrons. The molecule has 7 heteroatoms. The van der Waals surface area contributed by atoms with Gasteiger partial charge in [0.1, 0.15) is 6.04 Å². The van der Waals surface area contributed by atoms with Crippen LogP contribution in [-0.2, 0) is 4.79 Å². The predicted molar refractivity (Wildman–Crippen MR) is 88.9 cm³/mol. The van der Waals surface area contributed by atoms with Crippen molar-refractivity contribution in [3.05, 3.63) is 30.4 Å². The fraction of sp³-hybridized carbons (Fsp3) is 0.529. The Labute approximate surface area is 141 Å². The van der Waals surface area contributed by atoms with E-state index in [-0.39, 0.29) is 23.9 Å². The van der Waals surface area contributed by atoms with Crippen molar-refractivity contribution in [1.82, 2.24) is 25.8 Å². The second kappa shape index (κ2) is 7.53. The summed E-state index contributed by atoms with van der Waals surface area (Å²) in [5, 5.41) is 10.4. The molecule has 7 nitrogen and oxygen atoms in total. The number of amides is 1. The van der Waals surface area contributed by atoms with Crippen molar-refractivity contribution in [3.63, 3.8) is 0 Å². The largest absolute Gasteiger partial charge is 0.344 e. The molecule has 0 spiro atoms. The van der Waals surface area contributed by atoms with E-state index in [1.54, 1.807) is 12.4 Å². The van der Waals surface area contributed by atoms with E-state index in [1.807, 2.05) is 26.0 Å². The summed E-state index contributed by atoms with van der Waals surface area (Å²) in [6.07, 6.45) is 6.03. The molecule has 0 radical (unpaired) electrons. The fourth-order valence-corrected chi connectivity index (χ4v) is 2.87. The Bertz CT molecular complexity index is 665. The number of carbonyl (C=O) groups excluding carboxylic acids is 1. The minimum absolute atomic E-state index is 0.00854. The molecule has 1 fully saturated rings. The van der Waals surface area contributed by atoms with E-state index in [2.05, 4.69) is 25.8 Å². The molecule has 1 aliphatic heterocycles. The zero-order chi connectivity index (χ0) is 16.9.